The van der Waals surface area contributed by atoms with Crippen LogP contribution >= 0.6 is 0 Å². The molecular weight excluding hydrogens is 328 g/mol. The van der Waals surface area contributed by atoms with Crippen molar-refractivity contribution in [2.45, 2.75) is 56.7 Å². The van der Waals surface area contributed by atoms with Gasteiger partial charge in [0.15, 0.2) is 0 Å². The van der Waals surface area contributed by atoms with E-state index in [9.17, 15) is 4.79 Å². The van der Waals surface area contributed by atoms with Crippen molar-refractivity contribution in [2.24, 2.45) is 0 Å². The van der Waals surface area contributed by atoms with Crippen molar-refractivity contribution in [3.8, 4) is 0 Å². The van der Waals surface area contributed by atoms with Crippen molar-refractivity contribution in [3.63, 3.8) is 0 Å². The SMILES string of the molecule is CO[C@H]1CN(CC(=O)Nc2cccc3c2CCCC3)CC[C@]12CCCO2. The Hall–Kier alpha value is -1.43. The molecule has 5 nitrogen and oxygen atoms in total. The minimum Gasteiger partial charge on any atom is -0.377 e. The quantitative estimate of drug-likeness (QED) is 0.899. The van der Waals surface area contributed by atoms with E-state index in [1.165, 1.54) is 24.0 Å². The summed E-state index contributed by atoms with van der Waals surface area (Å²) in [6.07, 6.45) is 7.84. The van der Waals surface area contributed by atoms with Gasteiger partial charge in [-0.3, -0.25) is 9.69 Å². The third-order valence-electron chi connectivity index (χ3n) is 6.32. The second-order valence-electron chi connectivity index (χ2n) is 7.92. The van der Waals surface area contributed by atoms with Gasteiger partial charge in [0.05, 0.1) is 18.2 Å². The summed E-state index contributed by atoms with van der Waals surface area (Å²) in [5, 5.41) is 3.16. The number of nitrogens with one attached hydrogen (secondary N) is 1. The van der Waals surface area contributed by atoms with E-state index in [1.807, 2.05) is 6.07 Å². The van der Waals surface area contributed by atoms with E-state index in [4.69, 9.17) is 9.47 Å². The molecular formula is C21H30N2O3. The van der Waals surface area contributed by atoms with E-state index >= 15 is 0 Å². The van der Waals surface area contributed by atoms with Gasteiger partial charge in [0.2, 0.25) is 5.91 Å². The molecule has 1 amide bonds. The Labute approximate surface area is 156 Å². The van der Waals surface area contributed by atoms with Gasteiger partial charge in [0.1, 0.15) is 0 Å². The van der Waals surface area contributed by atoms with Crippen LogP contribution in [-0.2, 0) is 27.1 Å². The molecule has 0 saturated carbocycles. The third kappa shape index (κ3) is 3.53. The first kappa shape index (κ1) is 18.0. The summed E-state index contributed by atoms with van der Waals surface area (Å²) in [7, 11) is 1.76. The van der Waals surface area contributed by atoms with Crippen LogP contribution in [0.1, 0.15) is 43.2 Å². The van der Waals surface area contributed by atoms with Crippen LogP contribution in [0.2, 0.25) is 0 Å². The van der Waals surface area contributed by atoms with Crippen LogP contribution in [0.4, 0.5) is 5.69 Å². The molecule has 26 heavy (non-hydrogen) atoms. The molecule has 2 atom stereocenters. The summed E-state index contributed by atoms with van der Waals surface area (Å²) in [5.41, 5.74) is 3.61. The second-order valence-corrected chi connectivity index (χ2v) is 7.92. The number of aryl methyl sites for hydroxylation is 1. The Bertz CT molecular complexity index is 655. The molecule has 142 valence electrons. The Morgan fingerprint density at radius 3 is 3.00 bits per heavy atom. The van der Waals surface area contributed by atoms with Crippen molar-refractivity contribution < 1.29 is 14.3 Å². The zero-order chi connectivity index (χ0) is 18.0. The van der Waals surface area contributed by atoms with Gasteiger partial charge in [-0.25, -0.2) is 0 Å². The molecule has 1 aliphatic carbocycles. The van der Waals surface area contributed by atoms with Gasteiger partial charge >= 0.3 is 0 Å². The van der Waals surface area contributed by atoms with Crippen molar-refractivity contribution in [2.75, 3.05) is 38.7 Å². The first-order valence-electron chi connectivity index (χ1n) is 10.00. The van der Waals surface area contributed by atoms with Crippen LogP contribution in [0.25, 0.3) is 0 Å². The van der Waals surface area contributed by atoms with Gasteiger partial charge in [-0.1, -0.05) is 12.1 Å². The van der Waals surface area contributed by atoms with E-state index in [0.717, 1.165) is 57.5 Å². The van der Waals surface area contributed by atoms with Gasteiger partial charge in [-0.05, 0) is 62.1 Å². The highest BCUT2D eigenvalue weighted by Crippen LogP contribution is 2.37. The van der Waals surface area contributed by atoms with E-state index in [1.54, 1.807) is 7.11 Å². The molecule has 1 aromatic carbocycles. The maximum atomic E-state index is 12.6. The number of carbonyl (C=O) groups is 1. The highest BCUT2D eigenvalue weighted by Gasteiger charge is 2.46. The zero-order valence-corrected chi connectivity index (χ0v) is 15.8. The summed E-state index contributed by atoms with van der Waals surface area (Å²) < 4.78 is 11.8. The lowest BCUT2D eigenvalue weighted by Gasteiger charge is -2.44. The molecule has 1 spiro atoms. The van der Waals surface area contributed by atoms with Gasteiger partial charge < -0.3 is 14.8 Å². The molecule has 0 radical (unpaired) electrons. The van der Waals surface area contributed by atoms with Crippen LogP contribution in [0.3, 0.4) is 0 Å². The fourth-order valence-corrected chi connectivity index (χ4v) is 4.89. The topological polar surface area (TPSA) is 50.8 Å². The largest absolute Gasteiger partial charge is 0.377 e. The number of piperidine rings is 1. The van der Waals surface area contributed by atoms with Gasteiger partial charge in [-0.15, -0.1) is 0 Å². The Balaban J connectivity index is 1.37. The molecule has 2 fully saturated rings. The van der Waals surface area contributed by atoms with Crippen molar-refractivity contribution in [1.82, 2.24) is 4.90 Å². The minimum atomic E-state index is -0.125. The molecule has 4 rings (SSSR count). The molecule has 2 aliphatic heterocycles. The van der Waals surface area contributed by atoms with Crippen LogP contribution in [0, 0.1) is 0 Å². The van der Waals surface area contributed by atoms with Crippen molar-refractivity contribution in [3.05, 3.63) is 29.3 Å². The molecule has 3 aliphatic rings. The third-order valence-corrected chi connectivity index (χ3v) is 6.32. The fourth-order valence-electron chi connectivity index (χ4n) is 4.89. The minimum absolute atomic E-state index is 0.0519. The summed E-state index contributed by atoms with van der Waals surface area (Å²) in [5.74, 6) is 0.0714. The van der Waals surface area contributed by atoms with Crippen LogP contribution in [0.15, 0.2) is 18.2 Å². The highest BCUT2D eigenvalue weighted by atomic mass is 16.5. The number of anilines is 1. The van der Waals surface area contributed by atoms with E-state index in [-0.39, 0.29) is 17.6 Å². The number of hydrogen-bond donors (Lipinski definition) is 1. The lowest BCUT2D eigenvalue weighted by molar-refractivity contribution is -0.145. The maximum Gasteiger partial charge on any atom is 0.238 e. The molecule has 5 heteroatoms. The number of rotatable bonds is 4. The predicted octanol–water partition coefficient (Wildman–Crippen LogP) is 2.77. The number of likely N-dealkylation sites (tertiary alicyclic amines) is 1. The molecule has 0 unspecified atom stereocenters. The first-order valence-corrected chi connectivity index (χ1v) is 10.00. The lowest BCUT2D eigenvalue weighted by atomic mass is 9.86. The molecule has 1 aromatic rings. The van der Waals surface area contributed by atoms with Crippen molar-refractivity contribution >= 4 is 11.6 Å². The first-order chi connectivity index (χ1) is 12.7. The smallest absolute Gasteiger partial charge is 0.238 e. The molecule has 1 N–H and O–H groups in total. The van der Waals surface area contributed by atoms with Crippen LogP contribution < -0.4 is 5.32 Å². The van der Waals surface area contributed by atoms with Gasteiger partial charge in [-0.2, -0.15) is 0 Å². The van der Waals surface area contributed by atoms with Crippen LogP contribution in [0.5, 0.6) is 0 Å². The lowest BCUT2D eigenvalue weighted by Crippen LogP contribution is -2.57. The van der Waals surface area contributed by atoms with E-state index in [0.29, 0.717) is 6.54 Å². The number of fused-ring (bicyclic) bond motifs is 1. The summed E-state index contributed by atoms with van der Waals surface area (Å²) >= 11 is 0. The number of carbonyl (C=O) groups excluding carboxylic acids is 1. The van der Waals surface area contributed by atoms with Gasteiger partial charge in [0.25, 0.3) is 0 Å². The predicted molar refractivity (Wildman–Crippen MR) is 101 cm³/mol. The number of hydrogen-bond acceptors (Lipinski definition) is 4. The number of methoxy groups -OCH3 is 1. The van der Waals surface area contributed by atoms with Crippen molar-refractivity contribution in [1.29, 1.82) is 0 Å². The number of amides is 1. The normalized spacial score (nSPS) is 28.9. The average Bonchev–Trinajstić information content (AvgIpc) is 3.13. The molecule has 2 heterocycles. The summed E-state index contributed by atoms with van der Waals surface area (Å²) in [4.78, 5) is 14.8. The van der Waals surface area contributed by atoms with Gasteiger partial charge in [0, 0.05) is 32.5 Å². The summed E-state index contributed by atoms with van der Waals surface area (Å²) in [6.45, 7) is 2.90. The monoisotopic (exact) mass is 358 g/mol. The zero-order valence-electron chi connectivity index (χ0n) is 15.8. The average molecular weight is 358 g/mol. The Morgan fingerprint density at radius 2 is 2.19 bits per heavy atom. The number of benzene rings is 1. The standard InChI is InChI=1S/C21H30N2O3/c1-25-19-14-23(12-11-21(19)10-5-13-26-21)15-20(24)22-18-9-4-7-16-6-2-3-8-17(16)18/h4,7,9,19H,2-3,5-6,8,10-15H2,1H3,(H,22,24)/t19-,21+/m0/s1. The number of ether oxygens (including phenoxy) is 2. The van der Waals surface area contributed by atoms with E-state index < -0.39 is 0 Å². The van der Waals surface area contributed by atoms with E-state index in [2.05, 4.69) is 22.3 Å². The second kappa shape index (κ2) is 7.67. The fraction of sp³-hybridized carbons (Fsp3) is 0.667. The summed E-state index contributed by atoms with van der Waals surface area (Å²) in [6, 6.07) is 6.29. The number of nitrogens with zero attached hydrogens (tertiary/aromatic N) is 1. The maximum absolute atomic E-state index is 12.6. The molecule has 0 bridgehead atoms. The Morgan fingerprint density at radius 1 is 1.31 bits per heavy atom. The molecule has 2 saturated heterocycles. The molecule has 0 aromatic heterocycles. The Kier molecular flexibility index (Phi) is 5.30. The van der Waals surface area contributed by atoms with Crippen LogP contribution in [-0.4, -0.2) is 55.9 Å². The highest BCUT2D eigenvalue weighted by molar-refractivity contribution is 5.93.